The first-order chi connectivity index (χ1) is 8.06. The summed E-state index contributed by atoms with van der Waals surface area (Å²) in [5.74, 6) is -0.233. The maximum Gasteiger partial charge on any atom is 0.257 e. The van der Waals surface area contributed by atoms with E-state index in [1.54, 1.807) is 6.07 Å². The zero-order valence-corrected chi connectivity index (χ0v) is 10.9. The van der Waals surface area contributed by atoms with Gasteiger partial charge in [-0.25, -0.2) is 9.97 Å². The van der Waals surface area contributed by atoms with Crippen LogP contribution in [0.2, 0.25) is 5.15 Å². The number of thiazole rings is 1. The highest BCUT2D eigenvalue weighted by Gasteiger charge is 2.10. The fraction of sp³-hybridized carbons (Fsp3) is 0.182. The summed E-state index contributed by atoms with van der Waals surface area (Å²) in [6, 6.07) is 3.12. The number of hydrogen-bond acceptors (Lipinski definition) is 4. The zero-order valence-electron chi connectivity index (χ0n) is 9.32. The molecular formula is C11H10ClN3OS. The van der Waals surface area contributed by atoms with E-state index in [-0.39, 0.29) is 5.91 Å². The Morgan fingerprint density at radius 3 is 2.82 bits per heavy atom. The molecule has 1 N–H and O–H groups in total. The van der Waals surface area contributed by atoms with Crippen LogP contribution in [0.1, 0.15) is 20.9 Å². The van der Waals surface area contributed by atoms with Gasteiger partial charge in [0.15, 0.2) is 5.13 Å². The summed E-state index contributed by atoms with van der Waals surface area (Å²) in [6.07, 6.45) is 1.50. The van der Waals surface area contributed by atoms with Gasteiger partial charge < -0.3 is 0 Å². The summed E-state index contributed by atoms with van der Waals surface area (Å²) in [7, 11) is 0. The fourth-order valence-electron chi connectivity index (χ4n) is 1.24. The molecule has 2 aromatic heterocycles. The van der Waals surface area contributed by atoms with Crippen molar-refractivity contribution in [2.75, 3.05) is 5.32 Å². The molecule has 88 valence electrons. The Labute approximate surface area is 108 Å². The van der Waals surface area contributed by atoms with Crippen LogP contribution in [0.3, 0.4) is 0 Å². The molecule has 0 unspecified atom stereocenters. The van der Waals surface area contributed by atoms with E-state index in [2.05, 4.69) is 15.3 Å². The van der Waals surface area contributed by atoms with Gasteiger partial charge >= 0.3 is 0 Å². The number of pyridine rings is 1. The molecule has 0 aliphatic carbocycles. The summed E-state index contributed by atoms with van der Waals surface area (Å²) >= 11 is 7.17. The highest BCUT2D eigenvalue weighted by Crippen LogP contribution is 2.21. The zero-order chi connectivity index (χ0) is 12.4. The second kappa shape index (κ2) is 4.81. The van der Waals surface area contributed by atoms with Crippen molar-refractivity contribution in [1.29, 1.82) is 0 Å². The minimum atomic E-state index is -0.233. The Balaban J connectivity index is 2.17. The monoisotopic (exact) mass is 267 g/mol. The molecule has 4 nitrogen and oxygen atoms in total. The first-order valence-electron chi connectivity index (χ1n) is 4.93. The maximum atomic E-state index is 11.9. The maximum absolute atomic E-state index is 11.9. The quantitative estimate of drug-likeness (QED) is 0.851. The molecule has 2 rings (SSSR count). The Morgan fingerprint density at radius 2 is 2.24 bits per heavy atom. The van der Waals surface area contributed by atoms with Crippen molar-refractivity contribution in [3.8, 4) is 0 Å². The van der Waals surface area contributed by atoms with E-state index in [0.717, 1.165) is 10.6 Å². The molecule has 0 saturated carbocycles. The molecule has 6 heteroatoms. The third-order valence-electron chi connectivity index (χ3n) is 2.24. The third-order valence-corrected chi connectivity index (χ3v) is 3.43. The van der Waals surface area contributed by atoms with Gasteiger partial charge in [0.05, 0.1) is 5.69 Å². The molecule has 0 saturated heterocycles. The van der Waals surface area contributed by atoms with E-state index >= 15 is 0 Å². The molecule has 0 aliphatic rings. The highest BCUT2D eigenvalue weighted by atomic mass is 35.5. The third kappa shape index (κ3) is 2.81. The molecule has 0 atom stereocenters. The number of aryl methyl sites for hydroxylation is 2. The highest BCUT2D eigenvalue weighted by molar-refractivity contribution is 7.15. The Bertz CT molecular complexity index is 548. The molecule has 0 bridgehead atoms. The van der Waals surface area contributed by atoms with Gasteiger partial charge in [0.1, 0.15) is 5.15 Å². The van der Waals surface area contributed by atoms with Crippen LogP contribution in [-0.2, 0) is 0 Å². The van der Waals surface area contributed by atoms with Crippen LogP contribution in [0.5, 0.6) is 0 Å². The lowest BCUT2D eigenvalue weighted by Crippen LogP contribution is -2.11. The Hall–Kier alpha value is -1.46. The van der Waals surface area contributed by atoms with Gasteiger partial charge in [0, 0.05) is 16.6 Å². The first kappa shape index (κ1) is 12.0. The van der Waals surface area contributed by atoms with E-state index in [4.69, 9.17) is 11.6 Å². The van der Waals surface area contributed by atoms with Gasteiger partial charge in [0.2, 0.25) is 0 Å². The van der Waals surface area contributed by atoms with Crippen molar-refractivity contribution in [3.05, 3.63) is 39.6 Å². The van der Waals surface area contributed by atoms with Crippen molar-refractivity contribution >= 4 is 34.0 Å². The lowest BCUT2D eigenvalue weighted by atomic mass is 10.2. The Kier molecular flexibility index (Phi) is 3.40. The van der Waals surface area contributed by atoms with E-state index in [9.17, 15) is 4.79 Å². The van der Waals surface area contributed by atoms with Gasteiger partial charge in [-0.15, -0.1) is 11.3 Å². The predicted molar refractivity (Wildman–Crippen MR) is 68.8 cm³/mol. The number of hydrogen-bond donors (Lipinski definition) is 1. The lowest BCUT2D eigenvalue weighted by Gasteiger charge is -2.01. The van der Waals surface area contributed by atoms with Crippen LogP contribution in [0.25, 0.3) is 0 Å². The van der Waals surface area contributed by atoms with Crippen molar-refractivity contribution in [2.45, 2.75) is 13.8 Å². The fourth-order valence-corrected chi connectivity index (χ4v) is 2.22. The minimum absolute atomic E-state index is 0.233. The van der Waals surface area contributed by atoms with Crippen LogP contribution in [0, 0.1) is 13.8 Å². The van der Waals surface area contributed by atoms with Gasteiger partial charge in [-0.05, 0) is 26.0 Å². The number of amides is 1. The molecule has 17 heavy (non-hydrogen) atoms. The molecule has 0 spiro atoms. The first-order valence-corrected chi connectivity index (χ1v) is 6.12. The number of anilines is 1. The van der Waals surface area contributed by atoms with Gasteiger partial charge in [-0.2, -0.15) is 0 Å². The summed E-state index contributed by atoms with van der Waals surface area (Å²) in [5, 5.41) is 3.62. The predicted octanol–water partition coefficient (Wildman–Crippen LogP) is 3.06. The van der Waals surface area contributed by atoms with Crippen LogP contribution >= 0.6 is 22.9 Å². The minimum Gasteiger partial charge on any atom is -0.298 e. The topological polar surface area (TPSA) is 54.9 Å². The standard InChI is InChI=1S/C11H10ClN3OS/c1-6-7(2)17-11(14-6)15-10(16)8-3-4-13-9(12)5-8/h3-5H,1-2H3,(H,14,15,16). The van der Waals surface area contributed by atoms with Crippen LogP contribution in [0.4, 0.5) is 5.13 Å². The van der Waals surface area contributed by atoms with Crippen LogP contribution < -0.4 is 5.32 Å². The molecular weight excluding hydrogens is 258 g/mol. The number of rotatable bonds is 2. The van der Waals surface area contributed by atoms with Gasteiger partial charge in [0.25, 0.3) is 5.91 Å². The lowest BCUT2D eigenvalue weighted by molar-refractivity contribution is 0.102. The van der Waals surface area contributed by atoms with Gasteiger partial charge in [-0.3, -0.25) is 10.1 Å². The summed E-state index contributed by atoms with van der Waals surface area (Å²) in [4.78, 5) is 21.0. The Morgan fingerprint density at radius 1 is 1.47 bits per heavy atom. The molecule has 2 aromatic rings. The number of carbonyl (C=O) groups excluding carboxylic acids is 1. The van der Waals surface area contributed by atoms with Crippen molar-refractivity contribution in [3.63, 3.8) is 0 Å². The number of halogens is 1. The second-order valence-corrected chi connectivity index (χ2v) is 5.07. The van der Waals surface area contributed by atoms with Crippen molar-refractivity contribution in [1.82, 2.24) is 9.97 Å². The molecule has 0 fully saturated rings. The van der Waals surface area contributed by atoms with Crippen LogP contribution in [0.15, 0.2) is 18.3 Å². The molecule has 1 amide bonds. The average molecular weight is 268 g/mol. The van der Waals surface area contributed by atoms with E-state index in [1.165, 1.54) is 23.6 Å². The summed E-state index contributed by atoms with van der Waals surface area (Å²) in [6.45, 7) is 3.87. The van der Waals surface area contributed by atoms with E-state index < -0.39 is 0 Å². The number of aromatic nitrogens is 2. The van der Waals surface area contributed by atoms with Crippen LogP contribution in [-0.4, -0.2) is 15.9 Å². The van der Waals surface area contributed by atoms with Crippen molar-refractivity contribution < 1.29 is 4.79 Å². The molecule has 0 radical (unpaired) electrons. The second-order valence-electron chi connectivity index (χ2n) is 3.48. The SMILES string of the molecule is Cc1nc(NC(=O)c2ccnc(Cl)c2)sc1C. The van der Waals surface area contributed by atoms with E-state index in [1.807, 2.05) is 13.8 Å². The largest absolute Gasteiger partial charge is 0.298 e. The average Bonchev–Trinajstić information content (AvgIpc) is 2.58. The normalized spacial score (nSPS) is 10.3. The number of carbonyl (C=O) groups is 1. The molecule has 0 aliphatic heterocycles. The molecule has 0 aromatic carbocycles. The van der Waals surface area contributed by atoms with Crippen molar-refractivity contribution in [2.24, 2.45) is 0 Å². The van der Waals surface area contributed by atoms with Gasteiger partial charge in [-0.1, -0.05) is 11.6 Å². The van der Waals surface area contributed by atoms with E-state index in [0.29, 0.717) is 15.8 Å². The molecule has 2 heterocycles. The number of nitrogens with one attached hydrogen (secondary N) is 1. The smallest absolute Gasteiger partial charge is 0.257 e. The number of nitrogens with zero attached hydrogens (tertiary/aromatic N) is 2. The summed E-state index contributed by atoms with van der Waals surface area (Å²) < 4.78 is 0. The summed E-state index contributed by atoms with van der Waals surface area (Å²) in [5.41, 5.74) is 1.40.